The van der Waals surface area contributed by atoms with E-state index in [0.717, 1.165) is 25.3 Å². The number of amidine groups is 1. The maximum absolute atomic E-state index is 11.8. The van der Waals surface area contributed by atoms with Crippen molar-refractivity contribution in [3.8, 4) is 0 Å². The Labute approximate surface area is 164 Å². The first-order chi connectivity index (χ1) is 13.1. The van der Waals surface area contributed by atoms with Gasteiger partial charge in [-0.3, -0.25) is 4.79 Å². The van der Waals surface area contributed by atoms with Gasteiger partial charge in [0.1, 0.15) is 6.10 Å². The molecule has 4 nitrogen and oxygen atoms in total. The summed E-state index contributed by atoms with van der Waals surface area (Å²) in [4.78, 5) is 16.9. The molecule has 3 saturated carbocycles. The third-order valence-corrected chi connectivity index (χ3v) is 7.41. The summed E-state index contributed by atoms with van der Waals surface area (Å²) in [5, 5.41) is 3.69. The Hall–Kier alpha value is -1.32. The van der Waals surface area contributed by atoms with Crippen molar-refractivity contribution in [2.45, 2.75) is 115 Å². The summed E-state index contributed by atoms with van der Waals surface area (Å²) in [6.07, 6.45) is 18.4. The molecule has 0 saturated heterocycles. The molecule has 0 radical (unpaired) electrons. The van der Waals surface area contributed by atoms with E-state index in [0.29, 0.717) is 24.3 Å². The van der Waals surface area contributed by atoms with Gasteiger partial charge < -0.3 is 10.1 Å². The van der Waals surface area contributed by atoms with Gasteiger partial charge in [0.2, 0.25) is 0 Å². The Kier molecular flexibility index (Phi) is 5.89. The molecule has 4 aliphatic rings. The molecule has 3 fully saturated rings. The molecule has 27 heavy (non-hydrogen) atoms. The molecular weight excluding hydrogens is 336 g/mol. The van der Waals surface area contributed by atoms with Gasteiger partial charge in [-0.1, -0.05) is 51.0 Å². The van der Waals surface area contributed by atoms with Gasteiger partial charge in [-0.25, -0.2) is 4.99 Å². The molecule has 150 valence electrons. The minimum atomic E-state index is 0.00941. The van der Waals surface area contributed by atoms with E-state index >= 15 is 0 Å². The van der Waals surface area contributed by atoms with Crippen LogP contribution in [0.25, 0.3) is 0 Å². The number of fused-ring (bicyclic) bond motifs is 1. The van der Waals surface area contributed by atoms with Crippen molar-refractivity contribution in [3.63, 3.8) is 0 Å². The molecule has 0 unspecified atom stereocenters. The first-order valence-electron chi connectivity index (χ1n) is 11.4. The normalized spacial score (nSPS) is 33.5. The monoisotopic (exact) mass is 372 g/mol. The smallest absolute Gasteiger partial charge is 0.285 e. The van der Waals surface area contributed by atoms with Crippen molar-refractivity contribution < 1.29 is 9.53 Å². The third-order valence-electron chi connectivity index (χ3n) is 7.41. The first kappa shape index (κ1) is 19.0. The largest absolute Gasteiger partial charge is 0.461 e. The van der Waals surface area contributed by atoms with Gasteiger partial charge in [0, 0.05) is 17.9 Å². The van der Waals surface area contributed by atoms with Crippen molar-refractivity contribution in [2.24, 2.45) is 10.4 Å². The minimum absolute atomic E-state index is 0.00941. The van der Waals surface area contributed by atoms with Crippen LogP contribution >= 0.6 is 0 Å². The molecule has 4 aliphatic carbocycles. The summed E-state index contributed by atoms with van der Waals surface area (Å²) in [6.45, 7) is 2.29. The van der Waals surface area contributed by atoms with Crippen LogP contribution < -0.4 is 5.32 Å². The summed E-state index contributed by atoms with van der Waals surface area (Å²) >= 11 is 0. The molecule has 0 aromatic heterocycles. The van der Waals surface area contributed by atoms with E-state index in [1.54, 1.807) is 0 Å². The van der Waals surface area contributed by atoms with Crippen LogP contribution in [0.4, 0.5) is 0 Å². The fourth-order valence-corrected chi connectivity index (χ4v) is 5.53. The van der Waals surface area contributed by atoms with Gasteiger partial charge in [-0.05, 0) is 51.0 Å². The average Bonchev–Trinajstić information content (AvgIpc) is 2.99. The Morgan fingerprint density at radius 2 is 1.74 bits per heavy atom. The van der Waals surface area contributed by atoms with Crippen LogP contribution in [-0.4, -0.2) is 30.0 Å². The highest BCUT2D eigenvalue weighted by Crippen LogP contribution is 2.50. The minimum Gasteiger partial charge on any atom is -0.461 e. The highest BCUT2D eigenvalue weighted by atomic mass is 16.5. The Balaban J connectivity index is 1.49. The molecule has 2 atom stereocenters. The number of ether oxygens (including phenoxy) is 1. The average molecular weight is 373 g/mol. The lowest BCUT2D eigenvalue weighted by molar-refractivity contribution is -0.116. The lowest BCUT2D eigenvalue weighted by Crippen LogP contribution is -2.43. The zero-order chi connectivity index (χ0) is 18.7. The Morgan fingerprint density at radius 3 is 2.48 bits per heavy atom. The van der Waals surface area contributed by atoms with E-state index in [2.05, 4.69) is 12.2 Å². The van der Waals surface area contributed by atoms with Gasteiger partial charge >= 0.3 is 0 Å². The number of ketones is 1. The second-order valence-corrected chi connectivity index (χ2v) is 9.40. The van der Waals surface area contributed by atoms with Gasteiger partial charge in [0.05, 0.1) is 6.04 Å². The second-order valence-electron chi connectivity index (χ2n) is 9.40. The van der Waals surface area contributed by atoms with Gasteiger partial charge in [0.25, 0.3) is 6.02 Å². The summed E-state index contributed by atoms with van der Waals surface area (Å²) in [5.41, 5.74) is 1.31. The van der Waals surface area contributed by atoms with Crippen molar-refractivity contribution in [3.05, 3.63) is 11.6 Å². The van der Waals surface area contributed by atoms with Crippen molar-refractivity contribution >= 4 is 11.8 Å². The molecule has 0 bridgehead atoms. The highest BCUT2D eigenvalue weighted by Gasteiger charge is 2.47. The van der Waals surface area contributed by atoms with Crippen LogP contribution in [-0.2, 0) is 9.53 Å². The molecular formula is C23H36N2O2. The quantitative estimate of drug-likeness (QED) is 0.556. The predicted octanol–water partition coefficient (Wildman–Crippen LogP) is 5.07. The molecule has 0 aliphatic heterocycles. The highest BCUT2D eigenvalue weighted by molar-refractivity contribution is 5.91. The number of carbonyl (C=O) groups is 1. The standard InChI is InChI=1S/C23H36N2O2/c1-23-15-14-20(26)16-17(23)12-13-21(23)27-22(24-18-8-4-2-5-9-18)25-19-10-6-3-7-11-19/h16,18-19,21H,2-15H2,1H3,(H,24,25)/t21-,23-/m0/s1. The van der Waals surface area contributed by atoms with Crippen LogP contribution in [0, 0.1) is 5.41 Å². The molecule has 0 aromatic carbocycles. The summed E-state index contributed by atoms with van der Waals surface area (Å²) in [5.74, 6) is 0.291. The van der Waals surface area contributed by atoms with Crippen molar-refractivity contribution in [1.82, 2.24) is 5.32 Å². The van der Waals surface area contributed by atoms with Crippen LogP contribution in [0.1, 0.15) is 96.8 Å². The van der Waals surface area contributed by atoms with Crippen molar-refractivity contribution in [2.75, 3.05) is 0 Å². The van der Waals surface area contributed by atoms with Crippen LogP contribution in [0.5, 0.6) is 0 Å². The van der Waals surface area contributed by atoms with Gasteiger partial charge in [-0.2, -0.15) is 0 Å². The lowest BCUT2D eigenvalue weighted by Gasteiger charge is -2.36. The van der Waals surface area contributed by atoms with E-state index in [4.69, 9.17) is 9.73 Å². The number of allylic oxidation sites excluding steroid dienone is 1. The number of nitrogens with one attached hydrogen (secondary N) is 1. The molecule has 0 amide bonds. The van der Waals surface area contributed by atoms with Gasteiger partial charge in [-0.15, -0.1) is 0 Å². The molecule has 4 heteroatoms. The fraction of sp³-hybridized carbons (Fsp3) is 0.826. The number of hydrogen-bond acceptors (Lipinski definition) is 3. The Bertz CT molecular complexity index is 599. The number of rotatable bonds is 3. The molecule has 0 heterocycles. The van der Waals surface area contributed by atoms with Crippen LogP contribution in [0.2, 0.25) is 0 Å². The molecule has 0 spiro atoms. The van der Waals surface area contributed by atoms with E-state index in [1.807, 2.05) is 6.08 Å². The summed E-state index contributed by atoms with van der Waals surface area (Å²) < 4.78 is 6.61. The zero-order valence-corrected chi connectivity index (χ0v) is 17.0. The summed E-state index contributed by atoms with van der Waals surface area (Å²) in [7, 11) is 0. The van der Waals surface area contributed by atoms with Crippen molar-refractivity contribution in [1.29, 1.82) is 0 Å². The van der Waals surface area contributed by atoms with E-state index in [1.165, 1.54) is 69.8 Å². The number of hydrogen-bond donors (Lipinski definition) is 1. The molecule has 0 aromatic rings. The molecule has 1 N–H and O–H groups in total. The second kappa shape index (κ2) is 8.36. The molecule has 4 rings (SSSR count). The number of carbonyl (C=O) groups excluding carboxylic acids is 1. The van der Waals surface area contributed by atoms with Crippen LogP contribution in [0.15, 0.2) is 16.6 Å². The Morgan fingerprint density at radius 1 is 1.04 bits per heavy atom. The number of nitrogens with zero attached hydrogens (tertiary/aromatic N) is 1. The maximum atomic E-state index is 11.8. The summed E-state index contributed by atoms with van der Waals surface area (Å²) in [6, 6.07) is 1.73. The SMILES string of the molecule is C[C@]12CCC(=O)C=C1CC[C@@H]2OC(=NC1CCCCC1)NC1CCCCC1. The fourth-order valence-electron chi connectivity index (χ4n) is 5.53. The third kappa shape index (κ3) is 4.41. The number of aliphatic imine (C=N–C) groups is 1. The predicted molar refractivity (Wildman–Crippen MR) is 109 cm³/mol. The van der Waals surface area contributed by atoms with Gasteiger partial charge in [0.15, 0.2) is 5.78 Å². The lowest BCUT2D eigenvalue weighted by atomic mass is 9.74. The topological polar surface area (TPSA) is 50.7 Å². The maximum Gasteiger partial charge on any atom is 0.285 e. The van der Waals surface area contributed by atoms with Crippen LogP contribution in [0.3, 0.4) is 0 Å². The van der Waals surface area contributed by atoms with E-state index in [-0.39, 0.29) is 11.5 Å². The van der Waals surface area contributed by atoms with E-state index in [9.17, 15) is 4.79 Å². The zero-order valence-electron chi connectivity index (χ0n) is 17.0. The first-order valence-corrected chi connectivity index (χ1v) is 11.4. The van der Waals surface area contributed by atoms with E-state index < -0.39 is 0 Å².